The van der Waals surface area contributed by atoms with Gasteiger partial charge in [0, 0.05) is 23.7 Å². The summed E-state index contributed by atoms with van der Waals surface area (Å²) in [5, 5.41) is 0. The van der Waals surface area contributed by atoms with Crippen LogP contribution in [0.3, 0.4) is 0 Å². The first-order chi connectivity index (χ1) is 8.74. The maximum Gasteiger partial charge on any atom is 0.128 e. The minimum Gasteiger partial charge on any atom is -0.320 e. The summed E-state index contributed by atoms with van der Waals surface area (Å²) in [6.45, 7) is 4.09. The summed E-state index contributed by atoms with van der Waals surface area (Å²) in [5.41, 5.74) is 6.74. The second kappa shape index (κ2) is 5.99. The molecule has 0 saturated heterocycles. The van der Waals surface area contributed by atoms with Crippen molar-refractivity contribution in [2.45, 2.75) is 32.4 Å². The van der Waals surface area contributed by atoms with E-state index in [1.807, 2.05) is 12.1 Å². The molecular weight excluding hydrogens is 227 g/mol. The summed E-state index contributed by atoms with van der Waals surface area (Å²) < 4.78 is 13.9. The van der Waals surface area contributed by atoms with Gasteiger partial charge in [0.05, 0.1) is 6.54 Å². The summed E-state index contributed by atoms with van der Waals surface area (Å²) in [6, 6.07) is 5.85. The highest BCUT2D eigenvalue weighted by molar-refractivity contribution is 5.37. The fraction of sp³-hybridized carbons (Fsp3) is 0.467. The van der Waals surface area contributed by atoms with E-state index < -0.39 is 0 Å². The van der Waals surface area contributed by atoms with E-state index in [-0.39, 0.29) is 5.82 Å². The molecule has 1 fully saturated rings. The van der Waals surface area contributed by atoms with Crippen LogP contribution in [-0.2, 0) is 6.54 Å². The van der Waals surface area contributed by atoms with E-state index in [0.717, 1.165) is 12.1 Å². The first kappa shape index (κ1) is 13.1. The summed E-state index contributed by atoms with van der Waals surface area (Å²) in [6.07, 6.45) is 2.49. The molecule has 1 aromatic carbocycles. The minimum atomic E-state index is -0.169. The molecular formula is C15H19FN2. The number of hydrogen-bond donors (Lipinski definition) is 1. The lowest BCUT2D eigenvalue weighted by Crippen LogP contribution is -2.25. The molecule has 0 aromatic heterocycles. The van der Waals surface area contributed by atoms with Crippen LogP contribution in [0, 0.1) is 17.7 Å². The van der Waals surface area contributed by atoms with E-state index >= 15 is 0 Å². The van der Waals surface area contributed by atoms with Gasteiger partial charge in [0.25, 0.3) is 0 Å². The number of nitrogens with two attached hydrogens (primary N) is 1. The Hall–Kier alpha value is -1.37. The third kappa shape index (κ3) is 3.32. The Bertz CT molecular complexity index is 469. The van der Waals surface area contributed by atoms with Crippen molar-refractivity contribution in [2.75, 3.05) is 13.1 Å². The third-order valence-corrected chi connectivity index (χ3v) is 3.23. The molecule has 96 valence electrons. The first-order valence-electron chi connectivity index (χ1n) is 6.46. The Kier molecular flexibility index (Phi) is 4.35. The van der Waals surface area contributed by atoms with Crippen molar-refractivity contribution < 1.29 is 4.39 Å². The van der Waals surface area contributed by atoms with E-state index in [2.05, 4.69) is 23.7 Å². The van der Waals surface area contributed by atoms with Crippen molar-refractivity contribution in [3.8, 4) is 11.8 Å². The maximum absolute atomic E-state index is 13.9. The Morgan fingerprint density at radius 1 is 1.44 bits per heavy atom. The fourth-order valence-corrected chi connectivity index (χ4v) is 2.06. The smallest absolute Gasteiger partial charge is 0.128 e. The topological polar surface area (TPSA) is 29.3 Å². The second-order valence-electron chi connectivity index (χ2n) is 4.61. The fourth-order valence-electron chi connectivity index (χ4n) is 2.06. The number of halogens is 1. The van der Waals surface area contributed by atoms with Crippen molar-refractivity contribution in [2.24, 2.45) is 5.73 Å². The van der Waals surface area contributed by atoms with Gasteiger partial charge < -0.3 is 5.73 Å². The molecule has 0 radical (unpaired) electrons. The Balaban J connectivity index is 2.08. The highest BCUT2D eigenvalue weighted by Gasteiger charge is 2.28. The van der Waals surface area contributed by atoms with Gasteiger partial charge in [0.1, 0.15) is 5.82 Å². The number of rotatable bonds is 4. The predicted octanol–water partition coefficient (Wildman–Crippen LogP) is 2.12. The van der Waals surface area contributed by atoms with Crippen LogP contribution >= 0.6 is 0 Å². The van der Waals surface area contributed by atoms with Crippen LogP contribution < -0.4 is 5.73 Å². The van der Waals surface area contributed by atoms with E-state index in [1.165, 1.54) is 18.9 Å². The average Bonchev–Trinajstić information content (AvgIpc) is 3.19. The van der Waals surface area contributed by atoms with Crippen LogP contribution in [-0.4, -0.2) is 24.0 Å². The zero-order chi connectivity index (χ0) is 13.0. The lowest BCUT2D eigenvalue weighted by molar-refractivity contribution is 0.265. The van der Waals surface area contributed by atoms with Crippen molar-refractivity contribution in [1.82, 2.24) is 4.90 Å². The molecule has 0 aliphatic heterocycles. The van der Waals surface area contributed by atoms with Crippen LogP contribution in [0.5, 0.6) is 0 Å². The monoisotopic (exact) mass is 246 g/mol. The van der Waals surface area contributed by atoms with Gasteiger partial charge in [0.2, 0.25) is 0 Å². The maximum atomic E-state index is 13.9. The van der Waals surface area contributed by atoms with Crippen LogP contribution in [0.1, 0.15) is 30.9 Å². The summed E-state index contributed by atoms with van der Waals surface area (Å²) in [4.78, 5) is 2.32. The Morgan fingerprint density at radius 3 is 2.78 bits per heavy atom. The molecule has 18 heavy (non-hydrogen) atoms. The molecule has 0 atom stereocenters. The van der Waals surface area contributed by atoms with Crippen molar-refractivity contribution in [1.29, 1.82) is 0 Å². The van der Waals surface area contributed by atoms with Crippen molar-refractivity contribution >= 4 is 0 Å². The molecule has 1 saturated carbocycles. The van der Waals surface area contributed by atoms with Crippen molar-refractivity contribution in [3.63, 3.8) is 0 Å². The van der Waals surface area contributed by atoms with Gasteiger partial charge in [-0.1, -0.05) is 24.8 Å². The Labute approximate surface area is 108 Å². The molecule has 2 N–H and O–H groups in total. The number of benzene rings is 1. The first-order valence-corrected chi connectivity index (χ1v) is 6.46. The molecule has 3 heteroatoms. The quantitative estimate of drug-likeness (QED) is 0.825. The van der Waals surface area contributed by atoms with Crippen LogP contribution in [0.2, 0.25) is 0 Å². The highest BCUT2D eigenvalue weighted by atomic mass is 19.1. The van der Waals surface area contributed by atoms with E-state index in [4.69, 9.17) is 5.73 Å². The minimum absolute atomic E-state index is 0.169. The van der Waals surface area contributed by atoms with Gasteiger partial charge in [-0.05, 0) is 31.5 Å². The summed E-state index contributed by atoms with van der Waals surface area (Å²) in [5.74, 6) is 5.41. The lowest BCUT2D eigenvalue weighted by atomic mass is 10.1. The molecule has 0 spiro atoms. The molecule has 0 heterocycles. The number of hydrogen-bond acceptors (Lipinski definition) is 2. The molecule has 2 rings (SSSR count). The zero-order valence-electron chi connectivity index (χ0n) is 10.7. The summed E-state index contributed by atoms with van der Waals surface area (Å²) >= 11 is 0. The SMILES string of the molecule is CCN(Cc1ccc(C#CCN)cc1F)C1CC1. The predicted molar refractivity (Wildman–Crippen MR) is 71.4 cm³/mol. The van der Waals surface area contributed by atoms with Gasteiger partial charge in [0.15, 0.2) is 0 Å². The van der Waals surface area contributed by atoms with Crippen LogP contribution in [0.4, 0.5) is 4.39 Å². The van der Waals surface area contributed by atoms with Crippen LogP contribution in [0.15, 0.2) is 18.2 Å². The third-order valence-electron chi connectivity index (χ3n) is 3.23. The largest absolute Gasteiger partial charge is 0.320 e. The second-order valence-corrected chi connectivity index (χ2v) is 4.61. The molecule has 2 nitrogen and oxygen atoms in total. The van der Waals surface area contributed by atoms with E-state index in [1.54, 1.807) is 0 Å². The van der Waals surface area contributed by atoms with Gasteiger partial charge in [-0.25, -0.2) is 4.39 Å². The molecule has 0 bridgehead atoms. The van der Waals surface area contributed by atoms with Crippen LogP contribution in [0.25, 0.3) is 0 Å². The average molecular weight is 246 g/mol. The van der Waals surface area contributed by atoms with Gasteiger partial charge in [-0.3, -0.25) is 4.90 Å². The van der Waals surface area contributed by atoms with Gasteiger partial charge in [-0.15, -0.1) is 0 Å². The lowest BCUT2D eigenvalue weighted by Gasteiger charge is -2.20. The van der Waals surface area contributed by atoms with Gasteiger partial charge >= 0.3 is 0 Å². The standard InChI is InChI=1S/C15H19FN2/c1-2-18(14-7-8-14)11-13-6-5-12(4-3-9-17)10-15(13)16/h5-6,10,14H,2,7-9,11,17H2,1H3. The molecule has 0 unspecified atom stereocenters. The molecule has 1 aromatic rings. The normalized spacial score (nSPS) is 14.4. The van der Waals surface area contributed by atoms with E-state index in [0.29, 0.717) is 24.7 Å². The highest BCUT2D eigenvalue weighted by Crippen LogP contribution is 2.28. The van der Waals surface area contributed by atoms with Crippen molar-refractivity contribution in [3.05, 3.63) is 35.1 Å². The molecule has 1 aliphatic rings. The van der Waals surface area contributed by atoms with E-state index in [9.17, 15) is 4.39 Å². The molecule has 0 amide bonds. The van der Waals surface area contributed by atoms with Gasteiger partial charge in [-0.2, -0.15) is 0 Å². The summed E-state index contributed by atoms with van der Waals surface area (Å²) in [7, 11) is 0. The number of nitrogens with zero attached hydrogens (tertiary/aromatic N) is 1. The Morgan fingerprint density at radius 2 is 2.22 bits per heavy atom. The zero-order valence-corrected chi connectivity index (χ0v) is 10.7. The molecule has 1 aliphatic carbocycles.